The van der Waals surface area contributed by atoms with Crippen molar-refractivity contribution >= 4 is 23.2 Å². The Bertz CT molecular complexity index is 349. The Hall–Kier alpha value is -0.240. The van der Waals surface area contributed by atoms with Crippen LogP contribution in [0.5, 0.6) is 0 Å². The molecule has 0 amide bonds. The summed E-state index contributed by atoms with van der Waals surface area (Å²) in [5, 5.41) is 11.2. The summed E-state index contributed by atoms with van der Waals surface area (Å²) in [5.74, 6) is 0. The van der Waals surface area contributed by atoms with Gasteiger partial charge in [0.05, 0.1) is 6.10 Å². The van der Waals surface area contributed by atoms with Gasteiger partial charge in [-0.25, -0.2) is 0 Å². The smallest absolute Gasteiger partial charge is 0.0793 e. The molecule has 1 atom stereocenters. The quantitative estimate of drug-likeness (QED) is 0.674. The molecule has 1 aromatic rings. The Kier molecular flexibility index (Phi) is 3.01. The van der Waals surface area contributed by atoms with Crippen molar-refractivity contribution in [3.63, 3.8) is 0 Å². The molecule has 1 unspecified atom stereocenters. The maximum Gasteiger partial charge on any atom is 0.0793 e. The van der Waals surface area contributed by atoms with Crippen LogP contribution >= 0.6 is 23.2 Å². The van der Waals surface area contributed by atoms with Gasteiger partial charge in [-0.2, -0.15) is 0 Å². The number of aliphatic hydroxyl groups is 1. The van der Waals surface area contributed by atoms with Gasteiger partial charge in [0, 0.05) is 10.0 Å². The van der Waals surface area contributed by atoms with E-state index in [0.29, 0.717) is 10.0 Å². The van der Waals surface area contributed by atoms with Crippen LogP contribution in [-0.2, 0) is 6.42 Å². The molecule has 0 saturated heterocycles. The van der Waals surface area contributed by atoms with Gasteiger partial charge in [0.25, 0.3) is 0 Å². The number of hydrogen-bond acceptors (Lipinski definition) is 1. The second-order valence-corrected chi connectivity index (χ2v) is 4.56. The molecule has 76 valence electrons. The van der Waals surface area contributed by atoms with Crippen LogP contribution in [0.25, 0.3) is 0 Å². The fraction of sp³-hybridized carbons (Fsp3) is 0.455. The number of aliphatic hydroxyl groups excluding tert-OH is 1. The molecule has 1 aromatic carbocycles. The summed E-state index contributed by atoms with van der Waals surface area (Å²) in [6.07, 6.45) is 3.49. The lowest BCUT2D eigenvalue weighted by Gasteiger charge is -2.13. The average Bonchev–Trinajstić information content (AvgIpc) is 2.29. The summed E-state index contributed by atoms with van der Waals surface area (Å²) in [7, 11) is 0. The molecule has 3 heteroatoms. The highest BCUT2D eigenvalue weighted by molar-refractivity contribution is 6.35. The van der Waals surface area contributed by atoms with Gasteiger partial charge in [0.1, 0.15) is 0 Å². The SMILES string of the molecule is OC1CCCCc2c(Cl)cc(Cl)cc21. The van der Waals surface area contributed by atoms with Crippen LogP contribution in [0.4, 0.5) is 0 Å². The normalized spacial score (nSPS) is 21.5. The molecule has 1 aliphatic rings. The van der Waals surface area contributed by atoms with Crippen molar-refractivity contribution in [3.05, 3.63) is 33.3 Å². The lowest BCUT2D eigenvalue weighted by Crippen LogP contribution is -1.99. The summed E-state index contributed by atoms with van der Waals surface area (Å²) < 4.78 is 0. The van der Waals surface area contributed by atoms with Crippen molar-refractivity contribution in [2.24, 2.45) is 0 Å². The summed E-state index contributed by atoms with van der Waals surface area (Å²) in [5.41, 5.74) is 1.99. The van der Waals surface area contributed by atoms with Gasteiger partial charge < -0.3 is 5.11 Å². The first-order chi connectivity index (χ1) is 6.68. The van der Waals surface area contributed by atoms with Crippen LogP contribution in [0.15, 0.2) is 12.1 Å². The number of rotatable bonds is 0. The average molecular weight is 231 g/mol. The van der Waals surface area contributed by atoms with Crippen molar-refractivity contribution in [1.29, 1.82) is 0 Å². The summed E-state index contributed by atoms with van der Waals surface area (Å²) in [6, 6.07) is 3.58. The van der Waals surface area contributed by atoms with Crippen LogP contribution in [0.1, 0.15) is 36.5 Å². The molecule has 0 aromatic heterocycles. The summed E-state index contributed by atoms with van der Waals surface area (Å²) in [4.78, 5) is 0. The van der Waals surface area contributed by atoms with E-state index in [9.17, 15) is 5.11 Å². The molecule has 2 rings (SSSR count). The molecule has 0 spiro atoms. The minimum absolute atomic E-state index is 0.399. The maximum atomic E-state index is 9.87. The molecule has 1 N–H and O–H groups in total. The molecular formula is C11H12Cl2O. The highest BCUT2D eigenvalue weighted by atomic mass is 35.5. The standard InChI is InChI=1S/C11H12Cl2O/c12-7-5-9-8(10(13)6-7)3-1-2-4-11(9)14/h5-6,11,14H,1-4H2. The highest BCUT2D eigenvalue weighted by Crippen LogP contribution is 2.35. The first kappa shape index (κ1) is 10.3. The van der Waals surface area contributed by atoms with Gasteiger partial charge >= 0.3 is 0 Å². The fourth-order valence-electron chi connectivity index (χ4n) is 1.98. The molecule has 0 radical (unpaired) electrons. The highest BCUT2D eigenvalue weighted by Gasteiger charge is 2.18. The van der Waals surface area contributed by atoms with E-state index in [1.807, 2.05) is 6.07 Å². The predicted octanol–water partition coefficient (Wildman–Crippen LogP) is 3.75. The zero-order chi connectivity index (χ0) is 10.1. The van der Waals surface area contributed by atoms with Gasteiger partial charge in [-0.1, -0.05) is 29.6 Å². The molecule has 14 heavy (non-hydrogen) atoms. The van der Waals surface area contributed by atoms with Crippen LogP contribution < -0.4 is 0 Å². The van der Waals surface area contributed by atoms with Gasteiger partial charge in [-0.15, -0.1) is 0 Å². The van der Waals surface area contributed by atoms with Crippen LogP contribution in [0.3, 0.4) is 0 Å². The van der Waals surface area contributed by atoms with Gasteiger partial charge in [0.15, 0.2) is 0 Å². The third-order valence-electron chi connectivity index (χ3n) is 2.71. The van der Waals surface area contributed by atoms with Gasteiger partial charge in [-0.3, -0.25) is 0 Å². The Morgan fingerprint density at radius 1 is 1.21 bits per heavy atom. The lowest BCUT2D eigenvalue weighted by atomic mass is 10.0. The second kappa shape index (κ2) is 4.09. The predicted molar refractivity (Wildman–Crippen MR) is 59.0 cm³/mol. The van der Waals surface area contributed by atoms with Crippen molar-refractivity contribution in [1.82, 2.24) is 0 Å². The molecular weight excluding hydrogens is 219 g/mol. The van der Waals surface area contributed by atoms with Crippen LogP contribution in [-0.4, -0.2) is 5.11 Å². The monoisotopic (exact) mass is 230 g/mol. The molecule has 1 nitrogen and oxygen atoms in total. The van der Waals surface area contributed by atoms with E-state index in [1.165, 1.54) is 0 Å². The second-order valence-electron chi connectivity index (χ2n) is 3.72. The first-order valence-corrected chi connectivity index (χ1v) is 5.60. The minimum Gasteiger partial charge on any atom is -0.388 e. The zero-order valence-corrected chi connectivity index (χ0v) is 9.28. The van der Waals surface area contributed by atoms with Gasteiger partial charge in [0.2, 0.25) is 0 Å². The molecule has 0 saturated carbocycles. The number of halogens is 2. The van der Waals surface area contributed by atoms with E-state index in [2.05, 4.69) is 0 Å². The third-order valence-corrected chi connectivity index (χ3v) is 3.26. The molecule has 0 aliphatic heterocycles. The molecule has 0 fully saturated rings. The molecule has 0 bridgehead atoms. The van der Waals surface area contributed by atoms with E-state index in [4.69, 9.17) is 23.2 Å². The van der Waals surface area contributed by atoms with Crippen molar-refractivity contribution < 1.29 is 5.11 Å². The van der Waals surface area contributed by atoms with Crippen LogP contribution in [0.2, 0.25) is 10.0 Å². The third kappa shape index (κ3) is 1.90. The van der Waals surface area contributed by atoms with Crippen molar-refractivity contribution in [2.75, 3.05) is 0 Å². The van der Waals surface area contributed by atoms with E-state index in [0.717, 1.165) is 36.8 Å². The topological polar surface area (TPSA) is 20.2 Å². The van der Waals surface area contributed by atoms with E-state index in [-0.39, 0.29) is 0 Å². The van der Waals surface area contributed by atoms with Crippen molar-refractivity contribution in [3.8, 4) is 0 Å². The summed E-state index contributed by atoms with van der Waals surface area (Å²) >= 11 is 12.0. The summed E-state index contributed by atoms with van der Waals surface area (Å²) in [6.45, 7) is 0. The molecule has 0 heterocycles. The van der Waals surface area contributed by atoms with Crippen LogP contribution in [0, 0.1) is 0 Å². The Balaban J connectivity index is 2.53. The largest absolute Gasteiger partial charge is 0.388 e. The number of fused-ring (bicyclic) bond motifs is 1. The van der Waals surface area contributed by atoms with E-state index < -0.39 is 6.10 Å². The fourth-order valence-corrected chi connectivity index (χ4v) is 2.58. The minimum atomic E-state index is -0.399. The first-order valence-electron chi connectivity index (χ1n) is 4.84. The Morgan fingerprint density at radius 2 is 2.00 bits per heavy atom. The lowest BCUT2D eigenvalue weighted by molar-refractivity contribution is 0.166. The zero-order valence-electron chi connectivity index (χ0n) is 7.76. The van der Waals surface area contributed by atoms with Gasteiger partial charge in [-0.05, 0) is 42.5 Å². The van der Waals surface area contributed by atoms with E-state index in [1.54, 1.807) is 6.07 Å². The number of benzene rings is 1. The Morgan fingerprint density at radius 3 is 2.79 bits per heavy atom. The molecule has 1 aliphatic carbocycles. The maximum absolute atomic E-state index is 9.87. The Labute approximate surface area is 93.7 Å². The number of hydrogen-bond donors (Lipinski definition) is 1. The van der Waals surface area contributed by atoms with E-state index >= 15 is 0 Å². The van der Waals surface area contributed by atoms with Crippen molar-refractivity contribution in [2.45, 2.75) is 31.8 Å².